The highest BCUT2D eigenvalue weighted by molar-refractivity contribution is 6.32. The summed E-state index contributed by atoms with van der Waals surface area (Å²) in [6.07, 6.45) is 7.86. The number of benzene rings is 1. The van der Waals surface area contributed by atoms with Crippen LogP contribution in [0.2, 0.25) is 5.02 Å². The maximum absolute atomic E-state index is 12.6. The highest BCUT2D eigenvalue weighted by Crippen LogP contribution is 2.36. The van der Waals surface area contributed by atoms with E-state index in [9.17, 15) is 4.79 Å². The van der Waals surface area contributed by atoms with Crippen LogP contribution in [-0.4, -0.2) is 60.6 Å². The topological polar surface area (TPSA) is 54.9 Å². The van der Waals surface area contributed by atoms with Crippen LogP contribution < -0.4 is 9.47 Å². The van der Waals surface area contributed by atoms with Crippen LogP contribution in [0.4, 0.5) is 0 Å². The van der Waals surface area contributed by atoms with Gasteiger partial charge in [-0.3, -0.25) is 14.7 Å². The third kappa shape index (κ3) is 5.97. The molecule has 1 aromatic heterocycles. The lowest BCUT2D eigenvalue weighted by Crippen LogP contribution is -2.47. The number of aromatic nitrogens is 1. The van der Waals surface area contributed by atoms with Crippen molar-refractivity contribution in [1.29, 1.82) is 0 Å². The first-order valence-corrected chi connectivity index (χ1v) is 10.6. The molecule has 2 aromatic rings. The Labute approximate surface area is 183 Å². The largest absolute Gasteiger partial charge is 0.493 e. The molecule has 1 fully saturated rings. The highest BCUT2D eigenvalue weighted by atomic mass is 35.5. The van der Waals surface area contributed by atoms with Crippen LogP contribution in [0.25, 0.3) is 6.08 Å². The Balaban J connectivity index is 1.56. The molecule has 0 aliphatic carbocycles. The maximum Gasteiger partial charge on any atom is 0.246 e. The number of piperazine rings is 1. The van der Waals surface area contributed by atoms with Crippen molar-refractivity contribution in [3.05, 3.63) is 58.9 Å². The Morgan fingerprint density at radius 1 is 1.20 bits per heavy atom. The zero-order valence-electron chi connectivity index (χ0n) is 17.5. The summed E-state index contributed by atoms with van der Waals surface area (Å²) in [6.45, 7) is 6.60. The molecule has 0 N–H and O–H groups in total. The van der Waals surface area contributed by atoms with Crippen LogP contribution in [0.5, 0.6) is 11.5 Å². The number of methoxy groups -OCH3 is 1. The van der Waals surface area contributed by atoms with Crippen LogP contribution in [-0.2, 0) is 11.3 Å². The number of rotatable bonds is 8. The molecule has 1 aromatic carbocycles. The first kappa shape index (κ1) is 22.1. The van der Waals surface area contributed by atoms with Gasteiger partial charge in [-0.15, -0.1) is 0 Å². The monoisotopic (exact) mass is 429 g/mol. The van der Waals surface area contributed by atoms with Crippen molar-refractivity contribution in [2.45, 2.75) is 19.9 Å². The summed E-state index contributed by atoms with van der Waals surface area (Å²) in [5, 5.41) is 0.472. The van der Waals surface area contributed by atoms with E-state index in [0.29, 0.717) is 36.2 Å². The molecule has 1 aliphatic rings. The van der Waals surface area contributed by atoms with Crippen LogP contribution in [0.3, 0.4) is 0 Å². The van der Waals surface area contributed by atoms with E-state index >= 15 is 0 Å². The molecular formula is C23H28ClN3O3. The molecule has 0 radical (unpaired) electrons. The van der Waals surface area contributed by atoms with E-state index < -0.39 is 0 Å². The third-order valence-electron chi connectivity index (χ3n) is 4.96. The van der Waals surface area contributed by atoms with Crippen molar-refractivity contribution in [2.24, 2.45) is 0 Å². The fourth-order valence-corrected chi connectivity index (χ4v) is 3.60. The Hall–Kier alpha value is -2.57. The number of halogens is 1. The lowest BCUT2D eigenvalue weighted by molar-refractivity contribution is -0.127. The molecule has 0 saturated carbocycles. The summed E-state index contributed by atoms with van der Waals surface area (Å²) in [6, 6.07) is 7.66. The summed E-state index contributed by atoms with van der Waals surface area (Å²) in [5.74, 6) is 1.10. The van der Waals surface area contributed by atoms with Gasteiger partial charge in [0.05, 0.1) is 18.7 Å². The van der Waals surface area contributed by atoms with E-state index in [1.165, 1.54) is 5.56 Å². The SMILES string of the molecule is CCCOc1c(Cl)cc(/C=C/C(=O)N2CCN(Cc3ccncc3)CC2)cc1OC. The standard InChI is InChI=1S/C23H28ClN3O3/c1-3-14-30-23-20(24)15-19(16-21(23)29-2)4-5-22(28)27-12-10-26(11-13-27)17-18-6-8-25-9-7-18/h4-9,15-16H,3,10-14,17H2,1-2H3/b5-4+. The van der Waals surface area contributed by atoms with Crippen molar-refractivity contribution in [1.82, 2.24) is 14.8 Å². The van der Waals surface area contributed by atoms with Crippen LogP contribution in [0, 0.1) is 0 Å². The predicted octanol–water partition coefficient (Wildman–Crippen LogP) is 3.89. The number of carbonyl (C=O) groups excluding carboxylic acids is 1. The van der Waals surface area contributed by atoms with Gasteiger partial charge in [0.2, 0.25) is 5.91 Å². The van der Waals surface area contributed by atoms with Gasteiger partial charge < -0.3 is 14.4 Å². The smallest absolute Gasteiger partial charge is 0.246 e. The molecule has 3 rings (SSSR count). The Morgan fingerprint density at radius 2 is 1.93 bits per heavy atom. The lowest BCUT2D eigenvalue weighted by atomic mass is 10.1. The fourth-order valence-electron chi connectivity index (χ4n) is 3.33. The molecule has 0 unspecified atom stereocenters. The number of amides is 1. The molecule has 0 bridgehead atoms. The highest BCUT2D eigenvalue weighted by Gasteiger charge is 2.19. The van der Waals surface area contributed by atoms with Crippen molar-refractivity contribution < 1.29 is 14.3 Å². The van der Waals surface area contributed by atoms with Gasteiger partial charge in [-0.25, -0.2) is 0 Å². The second-order valence-corrected chi connectivity index (χ2v) is 7.58. The molecule has 7 heteroatoms. The molecular weight excluding hydrogens is 402 g/mol. The Kier molecular flexibility index (Phi) is 8.11. The number of hydrogen-bond donors (Lipinski definition) is 0. The zero-order chi connectivity index (χ0) is 21.3. The molecule has 160 valence electrons. The average Bonchev–Trinajstić information content (AvgIpc) is 2.77. The van der Waals surface area contributed by atoms with E-state index in [4.69, 9.17) is 21.1 Å². The average molecular weight is 430 g/mol. The molecule has 6 nitrogen and oxygen atoms in total. The van der Waals surface area contributed by atoms with E-state index in [-0.39, 0.29) is 5.91 Å². The van der Waals surface area contributed by atoms with E-state index in [2.05, 4.69) is 9.88 Å². The minimum Gasteiger partial charge on any atom is -0.493 e. The number of hydrogen-bond acceptors (Lipinski definition) is 5. The third-order valence-corrected chi connectivity index (χ3v) is 5.24. The number of nitrogens with zero attached hydrogens (tertiary/aromatic N) is 3. The second-order valence-electron chi connectivity index (χ2n) is 7.17. The van der Waals surface area contributed by atoms with Crippen molar-refractivity contribution in [3.63, 3.8) is 0 Å². The lowest BCUT2D eigenvalue weighted by Gasteiger charge is -2.34. The van der Waals surface area contributed by atoms with Crippen LogP contribution in [0.1, 0.15) is 24.5 Å². The second kappa shape index (κ2) is 11.0. The van der Waals surface area contributed by atoms with Crippen molar-refractivity contribution in [3.8, 4) is 11.5 Å². The maximum atomic E-state index is 12.6. The quantitative estimate of drug-likeness (QED) is 0.596. The van der Waals surface area contributed by atoms with Gasteiger partial charge >= 0.3 is 0 Å². The minimum atomic E-state index is -0.0000371. The van der Waals surface area contributed by atoms with Crippen LogP contribution in [0.15, 0.2) is 42.7 Å². The van der Waals surface area contributed by atoms with Gasteiger partial charge in [0.15, 0.2) is 11.5 Å². The zero-order valence-corrected chi connectivity index (χ0v) is 18.3. The first-order valence-electron chi connectivity index (χ1n) is 10.2. The summed E-state index contributed by atoms with van der Waals surface area (Å²) in [7, 11) is 1.58. The molecule has 30 heavy (non-hydrogen) atoms. The van der Waals surface area contributed by atoms with Gasteiger partial charge in [-0.05, 0) is 47.9 Å². The molecule has 1 amide bonds. The van der Waals surface area contributed by atoms with Gasteiger partial charge in [0.1, 0.15) is 0 Å². The predicted molar refractivity (Wildman–Crippen MR) is 119 cm³/mol. The molecule has 1 saturated heterocycles. The number of carbonyl (C=O) groups is 1. The van der Waals surface area contributed by atoms with Gasteiger partial charge in [0, 0.05) is 51.2 Å². The van der Waals surface area contributed by atoms with Crippen LogP contribution >= 0.6 is 11.6 Å². The number of ether oxygens (including phenoxy) is 2. The molecule has 1 aliphatic heterocycles. The molecule has 0 spiro atoms. The normalized spacial score (nSPS) is 14.8. The van der Waals surface area contributed by atoms with Crippen molar-refractivity contribution in [2.75, 3.05) is 39.9 Å². The van der Waals surface area contributed by atoms with E-state index in [1.54, 1.807) is 25.3 Å². The van der Waals surface area contributed by atoms with Gasteiger partial charge in [0.25, 0.3) is 0 Å². The summed E-state index contributed by atoms with van der Waals surface area (Å²) in [5.41, 5.74) is 2.03. The van der Waals surface area contributed by atoms with Crippen molar-refractivity contribution >= 4 is 23.6 Å². The van der Waals surface area contributed by atoms with E-state index in [1.807, 2.05) is 42.4 Å². The molecule has 2 heterocycles. The fraction of sp³-hybridized carbons (Fsp3) is 0.391. The summed E-state index contributed by atoms with van der Waals surface area (Å²) >= 11 is 6.35. The first-order chi connectivity index (χ1) is 14.6. The van der Waals surface area contributed by atoms with E-state index in [0.717, 1.165) is 31.6 Å². The molecule has 0 atom stereocenters. The van der Waals surface area contributed by atoms with Gasteiger partial charge in [-0.2, -0.15) is 0 Å². The van der Waals surface area contributed by atoms with Gasteiger partial charge in [-0.1, -0.05) is 18.5 Å². The minimum absolute atomic E-state index is 0.0000371. The summed E-state index contributed by atoms with van der Waals surface area (Å²) < 4.78 is 11.1. The Bertz CT molecular complexity index is 865. The summed E-state index contributed by atoms with van der Waals surface area (Å²) in [4.78, 5) is 20.9. The number of pyridine rings is 1. The Morgan fingerprint density at radius 3 is 2.60 bits per heavy atom.